The summed E-state index contributed by atoms with van der Waals surface area (Å²) in [6, 6.07) is 7.36. The number of rotatable bonds is 9. The molecular weight excluding hydrogens is 360 g/mol. The van der Waals surface area contributed by atoms with E-state index in [4.69, 9.17) is 14.2 Å². The van der Waals surface area contributed by atoms with Crippen LogP contribution in [0.25, 0.3) is 12.2 Å². The molecule has 1 aliphatic carbocycles. The van der Waals surface area contributed by atoms with Crippen molar-refractivity contribution in [2.45, 2.75) is 44.8 Å². The Morgan fingerprint density at radius 2 is 1.39 bits per heavy atom. The molecule has 0 radical (unpaired) electrons. The van der Waals surface area contributed by atoms with Crippen molar-refractivity contribution in [1.82, 2.24) is 0 Å². The third kappa shape index (κ3) is 8.06. The highest BCUT2D eigenvalue weighted by molar-refractivity contribution is 5.88. The molecule has 0 saturated heterocycles. The fraction of sp³-hybridized carbons (Fsp3) is 0.455. The van der Waals surface area contributed by atoms with Crippen LogP contribution in [0.3, 0.4) is 0 Å². The third-order valence-electron chi connectivity index (χ3n) is 4.49. The molecular formula is C22H28O6. The number of benzene rings is 1. The molecule has 1 fully saturated rings. The lowest BCUT2D eigenvalue weighted by Crippen LogP contribution is -2.27. The van der Waals surface area contributed by atoms with Crippen LogP contribution in [0.1, 0.15) is 43.7 Å². The van der Waals surface area contributed by atoms with Gasteiger partial charge in [-0.2, -0.15) is 0 Å². The minimum absolute atomic E-state index is 0.0373. The zero-order chi connectivity index (χ0) is 20.2. The molecule has 0 spiro atoms. The maximum atomic E-state index is 11.8. The summed E-state index contributed by atoms with van der Waals surface area (Å²) in [6.45, 7) is 2.71. The number of ether oxygens (including phenoxy) is 4. The predicted octanol–water partition coefficient (Wildman–Crippen LogP) is 3.75. The van der Waals surface area contributed by atoms with Gasteiger partial charge < -0.3 is 18.9 Å². The predicted molar refractivity (Wildman–Crippen MR) is 106 cm³/mol. The molecule has 1 aromatic carbocycles. The Labute approximate surface area is 166 Å². The lowest BCUT2D eigenvalue weighted by atomic mass is 9.95. The highest BCUT2D eigenvalue weighted by atomic mass is 16.7. The molecule has 0 aromatic heterocycles. The minimum atomic E-state index is -0.447. The van der Waals surface area contributed by atoms with Crippen molar-refractivity contribution in [1.29, 1.82) is 0 Å². The summed E-state index contributed by atoms with van der Waals surface area (Å²) in [4.78, 5) is 22.9. The van der Waals surface area contributed by atoms with Gasteiger partial charge >= 0.3 is 11.9 Å². The van der Waals surface area contributed by atoms with E-state index in [1.807, 2.05) is 31.2 Å². The molecule has 0 unspecified atom stereocenters. The number of methoxy groups -OCH3 is 1. The van der Waals surface area contributed by atoms with Crippen molar-refractivity contribution in [3.8, 4) is 0 Å². The standard InChI is InChI=1S/C22H28O6/c1-3-26-19-10-12-20(13-11-19)27-16-28-22(24)15-9-18-6-4-17(5-7-18)8-14-21(23)25-2/h4-9,14-15,19-20H,3,10-13,16H2,1-2H3. The highest BCUT2D eigenvalue weighted by Crippen LogP contribution is 2.23. The highest BCUT2D eigenvalue weighted by Gasteiger charge is 2.21. The van der Waals surface area contributed by atoms with Gasteiger partial charge in [0.05, 0.1) is 19.3 Å². The molecule has 152 valence electrons. The van der Waals surface area contributed by atoms with Crippen LogP contribution in [0.2, 0.25) is 0 Å². The zero-order valence-electron chi connectivity index (χ0n) is 16.5. The second-order valence-electron chi connectivity index (χ2n) is 6.46. The average molecular weight is 388 g/mol. The van der Waals surface area contributed by atoms with E-state index in [0.717, 1.165) is 43.4 Å². The molecule has 1 aliphatic rings. The second kappa shape index (κ2) is 12.1. The summed E-state index contributed by atoms with van der Waals surface area (Å²) in [5, 5.41) is 0. The number of carbonyl (C=O) groups is 2. The quantitative estimate of drug-likeness (QED) is 0.364. The van der Waals surface area contributed by atoms with E-state index in [1.165, 1.54) is 19.3 Å². The molecule has 0 heterocycles. The van der Waals surface area contributed by atoms with E-state index in [2.05, 4.69) is 4.74 Å². The summed E-state index contributed by atoms with van der Waals surface area (Å²) in [5.74, 6) is -0.853. The molecule has 6 heteroatoms. The zero-order valence-corrected chi connectivity index (χ0v) is 16.5. The van der Waals surface area contributed by atoms with Crippen LogP contribution in [0.15, 0.2) is 36.4 Å². The first-order chi connectivity index (χ1) is 13.6. The van der Waals surface area contributed by atoms with Crippen molar-refractivity contribution in [3.63, 3.8) is 0 Å². The van der Waals surface area contributed by atoms with Gasteiger partial charge in [-0.1, -0.05) is 24.3 Å². The molecule has 0 N–H and O–H groups in total. The average Bonchev–Trinajstić information content (AvgIpc) is 2.72. The van der Waals surface area contributed by atoms with Gasteiger partial charge in [-0.05, 0) is 55.9 Å². The molecule has 0 aliphatic heterocycles. The molecule has 0 atom stereocenters. The normalized spacial score (nSPS) is 19.8. The fourth-order valence-electron chi connectivity index (χ4n) is 2.95. The molecule has 0 bridgehead atoms. The van der Waals surface area contributed by atoms with Gasteiger partial charge in [0.1, 0.15) is 0 Å². The van der Waals surface area contributed by atoms with Crippen LogP contribution in [-0.4, -0.2) is 44.7 Å². The van der Waals surface area contributed by atoms with Crippen molar-refractivity contribution in [3.05, 3.63) is 47.5 Å². The molecule has 1 aromatic rings. The van der Waals surface area contributed by atoms with E-state index < -0.39 is 11.9 Å². The first-order valence-electron chi connectivity index (χ1n) is 9.55. The third-order valence-corrected chi connectivity index (χ3v) is 4.49. The molecule has 2 rings (SSSR count). The van der Waals surface area contributed by atoms with Crippen LogP contribution in [0.5, 0.6) is 0 Å². The van der Waals surface area contributed by atoms with Crippen LogP contribution < -0.4 is 0 Å². The second-order valence-corrected chi connectivity index (χ2v) is 6.46. The van der Waals surface area contributed by atoms with Crippen molar-refractivity contribution in [2.24, 2.45) is 0 Å². The summed E-state index contributed by atoms with van der Waals surface area (Å²) in [5.41, 5.74) is 1.71. The van der Waals surface area contributed by atoms with E-state index in [1.54, 1.807) is 12.2 Å². The summed E-state index contributed by atoms with van der Waals surface area (Å²) >= 11 is 0. The SMILES string of the molecule is CCOC1CCC(OCOC(=O)C=Cc2ccc(C=CC(=O)OC)cc2)CC1. The monoisotopic (exact) mass is 388 g/mol. The molecule has 28 heavy (non-hydrogen) atoms. The minimum Gasteiger partial charge on any atom is -0.466 e. The van der Waals surface area contributed by atoms with E-state index >= 15 is 0 Å². The van der Waals surface area contributed by atoms with Gasteiger partial charge in [-0.25, -0.2) is 9.59 Å². The van der Waals surface area contributed by atoms with Crippen LogP contribution in [0.4, 0.5) is 0 Å². The van der Waals surface area contributed by atoms with Gasteiger partial charge in [0, 0.05) is 18.8 Å². The van der Waals surface area contributed by atoms with E-state index in [-0.39, 0.29) is 12.9 Å². The Balaban J connectivity index is 1.68. The van der Waals surface area contributed by atoms with Gasteiger partial charge in [-0.3, -0.25) is 0 Å². The van der Waals surface area contributed by atoms with Crippen molar-refractivity contribution < 1.29 is 28.5 Å². The fourth-order valence-corrected chi connectivity index (χ4v) is 2.95. The van der Waals surface area contributed by atoms with Crippen molar-refractivity contribution >= 4 is 24.1 Å². The van der Waals surface area contributed by atoms with E-state index in [0.29, 0.717) is 6.10 Å². The van der Waals surface area contributed by atoms with Crippen molar-refractivity contribution in [2.75, 3.05) is 20.5 Å². The Hall–Kier alpha value is -2.44. The van der Waals surface area contributed by atoms with Crippen LogP contribution in [-0.2, 0) is 28.5 Å². The first-order valence-corrected chi connectivity index (χ1v) is 9.55. The number of hydrogen-bond donors (Lipinski definition) is 0. The maximum absolute atomic E-state index is 11.8. The Morgan fingerprint density at radius 3 is 1.89 bits per heavy atom. The van der Waals surface area contributed by atoms with Crippen LogP contribution in [0, 0.1) is 0 Å². The van der Waals surface area contributed by atoms with E-state index in [9.17, 15) is 9.59 Å². The number of hydrogen-bond acceptors (Lipinski definition) is 6. The summed E-state index contributed by atoms with van der Waals surface area (Å²) < 4.78 is 20.9. The van der Waals surface area contributed by atoms with Gasteiger partial charge in [0.25, 0.3) is 0 Å². The Bertz CT molecular complexity index is 669. The van der Waals surface area contributed by atoms with Gasteiger partial charge in [0.2, 0.25) is 0 Å². The lowest BCUT2D eigenvalue weighted by molar-refractivity contribution is -0.157. The smallest absolute Gasteiger partial charge is 0.332 e. The number of esters is 2. The Morgan fingerprint density at radius 1 is 0.893 bits per heavy atom. The molecule has 1 saturated carbocycles. The van der Waals surface area contributed by atoms with Gasteiger partial charge in [-0.15, -0.1) is 0 Å². The Kier molecular flexibility index (Phi) is 9.45. The first kappa shape index (κ1) is 21.9. The number of carbonyl (C=O) groups excluding carboxylic acids is 2. The summed E-state index contributed by atoms with van der Waals surface area (Å²) in [6.07, 6.45) is 10.3. The maximum Gasteiger partial charge on any atom is 0.332 e. The van der Waals surface area contributed by atoms with Gasteiger partial charge in [0.15, 0.2) is 6.79 Å². The lowest BCUT2D eigenvalue weighted by Gasteiger charge is -2.27. The largest absolute Gasteiger partial charge is 0.466 e. The summed E-state index contributed by atoms with van der Waals surface area (Å²) in [7, 11) is 1.33. The molecule has 6 nitrogen and oxygen atoms in total. The van der Waals surface area contributed by atoms with Crippen LogP contribution >= 0.6 is 0 Å². The topological polar surface area (TPSA) is 71.1 Å². The molecule has 0 amide bonds.